The Morgan fingerprint density at radius 3 is 2.56 bits per heavy atom. The number of rotatable bonds is 7. The number of fused-ring (bicyclic) bond motifs is 2. The number of methoxy groups -OCH3 is 1. The number of pyridine rings is 1. The molecule has 0 radical (unpaired) electrons. The number of hydrogen-bond donors (Lipinski definition) is 2. The molecule has 1 aromatic carbocycles. The molecule has 1 unspecified atom stereocenters. The number of anilines is 1. The first kappa shape index (κ1) is 23.8. The van der Waals surface area contributed by atoms with Gasteiger partial charge in [-0.3, -0.25) is 29.4 Å². The fourth-order valence-electron chi connectivity index (χ4n) is 5.96. The number of benzene rings is 1. The van der Waals surface area contributed by atoms with Gasteiger partial charge in [0.1, 0.15) is 6.04 Å². The van der Waals surface area contributed by atoms with E-state index in [0.717, 1.165) is 46.7 Å². The lowest BCUT2D eigenvalue weighted by atomic mass is 9.80. The summed E-state index contributed by atoms with van der Waals surface area (Å²) in [7, 11) is 1.62. The molecule has 2 aliphatic carbocycles. The van der Waals surface area contributed by atoms with Crippen molar-refractivity contribution in [3.05, 3.63) is 47.2 Å². The predicted molar refractivity (Wildman–Crippen MR) is 139 cm³/mol. The molecule has 11 nitrogen and oxygen atoms in total. The van der Waals surface area contributed by atoms with E-state index in [1.165, 1.54) is 12.8 Å². The van der Waals surface area contributed by atoms with Gasteiger partial charge < -0.3 is 10.1 Å². The largest absolute Gasteiger partial charge is 0.481 e. The second kappa shape index (κ2) is 8.89. The Morgan fingerprint density at radius 1 is 1.03 bits per heavy atom. The van der Waals surface area contributed by atoms with Gasteiger partial charge in [-0.25, -0.2) is 4.68 Å². The van der Waals surface area contributed by atoms with Crippen LogP contribution in [0.3, 0.4) is 0 Å². The Bertz CT molecular complexity index is 1550. The smallest absolute Gasteiger partial charge is 0.262 e. The van der Waals surface area contributed by atoms with Gasteiger partial charge in [0.25, 0.3) is 11.8 Å². The molecule has 1 saturated heterocycles. The first-order valence-corrected chi connectivity index (χ1v) is 13.4. The molecule has 4 aliphatic rings. The minimum Gasteiger partial charge on any atom is -0.481 e. The molecule has 1 atom stereocenters. The molecule has 7 rings (SSSR count). The first-order chi connectivity index (χ1) is 18.9. The fraction of sp³-hybridized carbons (Fsp3) is 0.429. The van der Waals surface area contributed by atoms with Crippen LogP contribution in [0, 0.1) is 5.92 Å². The molecule has 200 valence electrons. The van der Waals surface area contributed by atoms with Crippen LogP contribution in [0.25, 0.3) is 11.0 Å². The van der Waals surface area contributed by atoms with Crippen LogP contribution in [0.4, 0.5) is 5.69 Å². The molecule has 2 saturated carbocycles. The lowest BCUT2D eigenvalue weighted by Gasteiger charge is -2.35. The van der Waals surface area contributed by atoms with Crippen molar-refractivity contribution < 1.29 is 23.9 Å². The van der Waals surface area contributed by atoms with E-state index in [-0.39, 0.29) is 30.0 Å². The van der Waals surface area contributed by atoms with E-state index in [4.69, 9.17) is 14.8 Å². The maximum atomic E-state index is 13.1. The number of nitrogens with zero attached hydrogens (tertiary/aromatic N) is 4. The number of nitrogens with one attached hydrogen (secondary N) is 2. The third-order valence-electron chi connectivity index (χ3n) is 8.32. The van der Waals surface area contributed by atoms with Gasteiger partial charge in [0.05, 0.1) is 30.0 Å². The molecular weight excluding hydrogens is 500 g/mol. The highest BCUT2D eigenvalue weighted by Crippen LogP contribution is 2.45. The first-order valence-electron chi connectivity index (χ1n) is 13.4. The standard InChI is InChI=1S/C28H28N6O5/c1-39-23-9-6-19-24(15-2-3-15)32-34(25(19)31-23)17-10-14(11-17)13-29-16-4-5-18-20(12-16)28(38)33(27(18)37)21-7-8-22(35)30-26(21)36/h4-6,9,12,14-15,17,21,29H,2-3,7-8,10-11,13H2,1H3,(H,30,35,36). The van der Waals surface area contributed by atoms with Gasteiger partial charge in [-0.2, -0.15) is 10.1 Å². The van der Waals surface area contributed by atoms with E-state index < -0.39 is 29.7 Å². The summed E-state index contributed by atoms with van der Waals surface area (Å²) < 4.78 is 7.43. The Balaban J connectivity index is 1.01. The molecule has 0 spiro atoms. The molecule has 2 aliphatic heterocycles. The van der Waals surface area contributed by atoms with Gasteiger partial charge in [0, 0.05) is 36.0 Å². The molecule has 3 fully saturated rings. The van der Waals surface area contributed by atoms with E-state index in [1.54, 1.807) is 25.3 Å². The maximum Gasteiger partial charge on any atom is 0.262 e. The van der Waals surface area contributed by atoms with Crippen molar-refractivity contribution in [2.45, 2.75) is 56.5 Å². The molecular formula is C28H28N6O5. The minimum atomic E-state index is -0.966. The van der Waals surface area contributed by atoms with Crippen LogP contribution >= 0.6 is 0 Å². The molecule has 0 bridgehead atoms. The van der Waals surface area contributed by atoms with Crippen LogP contribution in [0.2, 0.25) is 0 Å². The topological polar surface area (TPSA) is 136 Å². The number of carbonyl (C=O) groups is 4. The molecule has 11 heteroatoms. The molecule has 4 amide bonds. The molecule has 2 N–H and O–H groups in total. The van der Waals surface area contributed by atoms with Gasteiger partial charge in [-0.15, -0.1) is 0 Å². The van der Waals surface area contributed by atoms with Crippen molar-refractivity contribution in [3.8, 4) is 5.88 Å². The number of piperidine rings is 1. The van der Waals surface area contributed by atoms with Crippen LogP contribution in [-0.2, 0) is 9.59 Å². The number of aromatic nitrogens is 3. The highest BCUT2D eigenvalue weighted by atomic mass is 16.5. The van der Waals surface area contributed by atoms with Gasteiger partial charge >= 0.3 is 0 Å². The molecule has 3 aromatic rings. The van der Waals surface area contributed by atoms with Gasteiger partial charge in [-0.05, 0) is 62.3 Å². The average molecular weight is 529 g/mol. The van der Waals surface area contributed by atoms with Gasteiger partial charge in [0.2, 0.25) is 17.7 Å². The van der Waals surface area contributed by atoms with Crippen LogP contribution < -0.4 is 15.4 Å². The Labute approximate surface area is 223 Å². The second-order valence-electron chi connectivity index (χ2n) is 10.9. The van der Waals surface area contributed by atoms with E-state index >= 15 is 0 Å². The van der Waals surface area contributed by atoms with Crippen LogP contribution in [0.5, 0.6) is 5.88 Å². The van der Waals surface area contributed by atoms with Crippen molar-refractivity contribution in [2.75, 3.05) is 19.0 Å². The number of hydrogen-bond acceptors (Lipinski definition) is 8. The number of imide groups is 2. The summed E-state index contributed by atoms with van der Waals surface area (Å²) in [5, 5.41) is 11.7. The SMILES string of the molecule is COc1ccc2c(C3CC3)nn(C3CC(CNc4ccc5c(c4)C(=O)N(C4CCC(=O)NC4=O)C5=O)C3)c2n1. The number of amides is 4. The normalized spacial score (nSPS) is 24.5. The van der Waals surface area contributed by atoms with Gasteiger partial charge in [-0.1, -0.05) is 0 Å². The van der Waals surface area contributed by atoms with E-state index in [2.05, 4.69) is 21.4 Å². The fourth-order valence-corrected chi connectivity index (χ4v) is 5.96. The summed E-state index contributed by atoms with van der Waals surface area (Å²) in [5.41, 5.74) is 3.33. The van der Waals surface area contributed by atoms with Crippen molar-refractivity contribution in [2.24, 2.45) is 5.92 Å². The van der Waals surface area contributed by atoms with E-state index in [9.17, 15) is 19.2 Å². The monoisotopic (exact) mass is 528 g/mol. The van der Waals surface area contributed by atoms with Crippen LogP contribution in [0.1, 0.15) is 76.9 Å². The zero-order valence-electron chi connectivity index (χ0n) is 21.5. The lowest BCUT2D eigenvalue weighted by molar-refractivity contribution is -0.136. The Morgan fingerprint density at radius 2 is 1.82 bits per heavy atom. The zero-order valence-corrected chi connectivity index (χ0v) is 21.5. The second-order valence-corrected chi connectivity index (χ2v) is 10.9. The summed E-state index contributed by atoms with van der Waals surface area (Å²) in [6, 6.07) is 8.36. The van der Waals surface area contributed by atoms with Crippen LogP contribution in [0.15, 0.2) is 30.3 Å². The van der Waals surface area contributed by atoms with Gasteiger partial charge in [0.15, 0.2) is 5.65 Å². The summed E-state index contributed by atoms with van der Waals surface area (Å²) in [4.78, 5) is 55.5. The molecule has 4 heterocycles. The average Bonchev–Trinajstić information content (AvgIpc) is 3.65. The third-order valence-corrected chi connectivity index (χ3v) is 8.32. The van der Waals surface area contributed by atoms with Crippen molar-refractivity contribution in [3.63, 3.8) is 0 Å². The third kappa shape index (κ3) is 3.95. The van der Waals surface area contributed by atoms with Crippen molar-refractivity contribution >= 4 is 40.3 Å². The quantitative estimate of drug-likeness (QED) is 0.447. The van der Waals surface area contributed by atoms with Crippen LogP contribution in [-0.4, -0.2) is 63.0 Å². The molecule has 39 heavy (non-hydrogen) atoms. The summed E-state index contributed by atoms with van der Waals surface area (Å²) >= 11 is 0. The van der Waals surface area contributed by atoms with E-state index in [0.29, 0.717) is 17.7 Å². The summed E-state index contributed by atoms with van der Waals surface area (Å²) in [6.07, 6.45) is 4.50. The minimum absolute atomic E-state index is 0.0961. The Kier molecular flexibility index (Phi) is 5.43. The highest BCUT2D eigenvalue weighted by molar-refractivity contribution is 6.23. The maximum absolute atomic E-state index is 13.1. The lowest BCUT2D eigenvalue weighted by Crippen LogP contribution is -2.54. The number of carbonyl (C=O) groups excluding carboxylic acids is 4. The van der Waals surface area contributed by atoms with E-state index in [1.807, 2.05) is 6.07 Å². The summed E-state index contributed by atoms with van der Waals surface area (Å²) in [5.74, 6) is -0.461. The number of ether oxygens (including phenoxy) is 1. The molecule has 2 aromatic heterocycles. The van der Waals surface area contributed by atoms with Crippen molar-refractivity contribution in [1.29, 1.82) is 0 Å². The Hall–Kier alpha value is -4.28. The summed E-state index contributed by atoms with van der Waals surface area (Å²) in [6.45, 7) is 0.722. The highest BCUT2D eigenvalue weighted by Gasteiger charge is 2.44. The zero-order chi connectivity index (χ0) is 26.8. The predicted octanol–water partition coefficient (Wildman–Crippen LogP) is 2.78. The van der Waals surface area contributed by atoms with Crippen molar-refractivity contribution in [1.82, 2.24) is 25.0 Å².